The molecule has 1 rings (SSSR count). The number of nitrogens with zero attached hydrogens (tertiary/aromatic N) is 2. The van der Waals surface area contributed by atoms with E-state index in [2.05, 4.69) is 58.9 Å². The zero-order valence-electron chi connectivity index (χ0n) is 9.00. The van der Waals surface area contributed by atoms with Crippen molar-refractivity contribution < 1.29 is 0 Å². The molecule has 0 aliphatic rings. The van der Waals surface area contributed by atoms with Crippen molar-refractivity contribution in [3.05, 3.63) is 17.0 Å². The minimum atomic E-state index is 0.220. The maximum atomic E-state index is 4.14. The molecular formula is C10H16BrN3. The van der Waals surface area contributed by atoms with Crippen LogP contribution in [0.1, 0.15) is 27.7 Å². The predicted molar refractivity (Wildman–Crippen MR) is 62.3 cm³/mol. The van der Waals surface area contributed by atoms with Gasteiger partial charge in [-0.1, -0.05) is 20.8 Å². The van der Waals surface area contributed by atoms with Crippen LogP contribution >= 0.6 is 15.9 Å². The zero-order chi connectivity index (χ0) is 10.8. The molecule has 1 N–H and O–H groups in total. The summed E-state index contributed by atoms with van der Waals surface area (Å²) in [5.74, 6) is 0.856. The Labute approximate surface area is 93.5 Å². The monoisotopic (exact) mass is 257 g/mol. The van der Waals surface area contributed by atoms with E-state index in [1.54, 1.807) is 6.33 Å². The molecule has 0 bridgehead atoms. The maximum Gasteiger partial charge on any atom is 0.130 e. The first kappa shape index (κ1) is 11.4. The van der Waals surface area contributed by atoms with Crippen LogP contribution in [0, 0.1) is 5.41 Å². The van der Waals surface area contributed by atoms with Crippen LogP contribution in [-0.4, -0.2) is 16.0 Å². The van der Waals surface area contributed by atoms with Gasteiger partial charge in [-0.05, 0) is 28.3 Å². The van der Waals surface area contributed by atoms with E-state index >= 15 is 0 Å². The molecule has 1 atom stereocenters. The lowest BCUT2D eigenvalue weighted by molar-refractivity contribution is 0.358. The molecule has 0 aliphatic heterocycles. The van der Waals surface area contributed by atoms with E-state index in [9.17, 15) is 0 Å². The number of halogens is 1. The van der Waals surface area contributed by atoms with E-state index in [4.69, 9.17) is 0 Å². The van der Waals surface area contributed by atoms with Gasteiger partial charge in [0.15, 0.2) is 0 Å². The van der Waals surface area contributed by atoms with Crippen molar-refractivity contribution in [1.29, 1.82) is 0 Å². The smallest absolute Gasteiger partial charge is 0.130 e. The number of nitrogens with one attached hydrogen (secondary N) is 1. The summed E-state index contributed by atoms with van der Waals surface area (Å²) in [5, 5.41) is 3.34. The molecule has 0 fully saturated rings. The summed E-state index contributed by atoms with van der Waals surface area (Å²) >= 11 is 3.31. The van der Waals surface area contributed by atoms with Crippen molar-refractivity contribution in [3.8, 4) is 0 Å². The SMILES string of the molecule is CC(Nc1cc(Br)ncn1)C(C)(C)C. The first-order valence-electron chi connectivity index (χ1n) is 4.63. The Morgan fingerprint density at radius 1 is 1.36 bits per heavy atom. The van der Waals surface area contributed by atoms with Gasteiger partial charge in [0.1, 0.15) is 16.7 Å². The standard InChI is InChI=1S/C10H16BrN3/c1-7(10(2,3)4)14-9-5-8(11)12-6-13-9/h5-7H,1-4H3,(H,12,13,14). The summed E-state index contributed by atoms with van der Waals surface area (Å²) in [6.45, 7) is 8.73. The van der Waals surface area contributed by atoms with Crippen molar-refractivity contribution >= 4 is 21.7 Å². The summed E-state index contributed by atoms with van der Waals surface area (Å²) in [5.41, 5.74) is 0.220. The highest BCUT2D eigenvalue weighted by Gasteiger charge is 2.19. The van der Waals surface area contributed by atoms with Crippen molar-refractivity contribution in [2.24, 2.45) is 5.41 Å². The van der Waals surface area contributed by atoms with Crippen molar-refractivity contribution in [2.75, 3.05) is 5.32 Å². The fourth-order valence-corrected chi connectivity index (χ4v) is 1.16. The Bertz CT molecular complexity index is 306. The Morgan fingerprint density at radius 2 is 2.00 bits per heavy atom. The third-order valence-electron chi connectivity index (χ3n) is 2.30. The van der Waals surface area contributed by atoms with E-state index < -0.39 is 0 Å². The van der Waals surface area contributed by atoms with Gasteiger partial charge in [-0.3, -0.25) is 0 Å². The molecule has 1 aromatic heterocycles. The topological polar surface area (TPSA) is 37.8 Å². The van der Waals surface area contributed by atoms with Crippen LogP contribution in [0.2, 0.25) is 0 Å². The van der Waals surface area contributed by atoms with Crippen LogP contribution in [0.4, 0.5) is 5.82 Å². The van der Waals surface area contributed by atoms with Gasteiger partial charge in [-0.15, -0.1) is 0 Å². The highest BCUT2D eigenvalue weighted by atomic mass is 79.9. The fraction of sp³-hybridized carbons (Fsp3) is 0.600. The Balaban J connectivity index is 2.70. The quantitative estimate of drug-likeness (QED) is 0.828. The van der Waals surface area contributed by atoms with Crippen LogP contribution in [-0.2, 0) is 0 Å². The normalized spacial score (nSPS) is 13.8. The zero-order valence-corrected chi connectivity index (χ0v) is 10.6. The molecule has 3 nitrogen and oxygen atoms in total. The van der Waals surface area contributed by atoms with Gasteiger partial charge in [-0.2, -0.15) is 0 Å². The molecule has 0 amide bonds. The number of anilines is 1. The molecule has 1 aromatic rings. The first-order valence-corrected chi connectivity index (χ1v) is 5.43. The largest absolute Gasteiger partial charge is 0.367 e. The van der Waals surface area contributed by atoms with Crippen molar-refractivity contribution in [3.63, 3.8) is 0 Å². The van der Waals surface area contributed by atoms with Gasteiger partial charge in [0.2, 0.25) is 0 Å². The molecule has 0 saturated carbocycles. The molecular weight excluding hydrogens is 242 g/mol. The minimum absolute atomic E-state index is 0.220. The molecule has 14 heavy (non-hydrogen) atoms. The van der Waals surface area contributed by atoms with E-state index in [1.165, 1.54) is 0 Å². The Morgan fingerprint density at radius 3 is 2.50 bits per heavy atom. The summed E-state index contributed by atoms with van der Waals surface area (Å²) < 4.78 is 0.802. The summed E-state index contributed by atoms with van der Waals surface area (Å²) in [6, 6.07) is 2.24. The third kappa shape index (κ3) is 3.25. The molecule has 1 heterocycles. The average Bonchev–Trinajstić information content (AvgIpc) is 2.02. The van der Waals surface area contributed by atoms with E-state index in [0.29, 0.717) is 6.04 Å². The van der Waals surface area contributed by atoms with Gasteiger partial charge in [0.25, 0.3) is 0 Å². The van der Waals surface area contributed by atoms with E-state index in [0.717, 1.165) is 10.4 Å². The Kier molecular flexibility index (Phi) is 3.48. The van der Waals surface area contributed by atoms with Gasteiger partial charge in [0.05, 0.1) is 0 Å². The second kappa shape index (κ2) is 4.26. The van der Waals surface area contributed by atoms with Gasteiger partial charge in [-0.25, -0.2) is 9.97 Å². The molecule has 0 spiro atoms. The van der Waals surface area contributed by atoms with Gasteiger partial charge in [0, 0.05) is 12.1 Å². The molecule has 4 heteroatoms. The minimum Gasteiger partial charge on any atom is -0.367 e. The van der Waals surface area contributed by atoms with Gasteiger partial charge >= 0.3 is 0 Å². The molecule has 78 valence electrons. The van der Waals surface area contributed by atoms with Crippen molar-refractivity contribution in [1.82, 2.24) is 9.97 Å². The number of aromatic nitrogens is 2. The second-order valence-corrected chi connectivity index (χ2v) is 5.27. The van der Waals surface area contributed by atoms with Crippen LogP contribution in [0.15, 0.2) is 17.0 Å². The van der Waals surface area contributed by atoms with Gasteiger partial charge < -0.3 is 5.32 Å². The van der Waals surface area contributed by atoms with E-state index in [1.807, 2.05) is 6.07 Å². The first-order chi connectivity index (χ1) is 6.39. The second-order valence-electron chi connectivity index (χ2n) is 4.46. The van der Waals surface area contributed by atoms with Crippen LogP contribution < -0.4 is 5.32 Å². The van der Waals surface area contributed by atoms with Crippen molar-refractivity contribution in [2.45, 2.75) is 33.7 Å². The average molecular weight is 258 g/mol. The lowest BCUT2D eigenvalue weighted by Crippen LogP contribution is -2.31. The number of rotatable bonds is 2. The highest BCUT2D eigenvalue weighted by Crippen LogP contribution is 2.22. The lowest BCUT2D eigenvalue weighted by atomic mass is 9.88. The molecule has 0 aliphatic carbocycles. The third-order valence-corrected chi connectivity index (χ3v) is 2.73. The number of hydrogen-bond donors (Lipinski definition) is 1. The predicted octanol–water partition coefficient (Wildman–Crippen LogP) is 3.09. The van der Waals surface area contributed by atoms with Crippen LogP contribution in [0.25, 0.3) is 0 Å². The fourth-order valence-electron chi connectivity index (χ4n) is 0.851. The molecule has 0 radical (unpaired) electrons. The van der Waals surface area contributed by atoms with Crippen LogP contribution in [0.3, 0.4) is 0 Å². The number of hydrogen-bond acceptors (Lipinski definition) is 3. The maximum absolute atomic E-state index is 4.14. The highest BCUT2D eigenvalue weighted by molar-refractivity contribution is 9.10. The summed E-state index contributed by atoms with van der Waals surface area (Å²) in [6.07, 6.45) is 1.54. The molecule has 1 unspecified atom stereocenters. The summed E-state index contributed by atoms with van der Waals surface area (Å²) in [4.78, 5) is 8.12. The summed E-state index contributed by atoms with van der Waals surface area (Å²) in [7, 11) is 0. The molecule has 0 saturated heterocycles. The molecule has 0 aromatic carbocycles. The Hall–Kier alpha value is -0.640. The van der Waals surface area contributed by atoms with Crippen LogP contribution in [0.5, 0.6) is 0 Å². The van der Waals surface area contributed by atoms with E-state index in [-0.39, 0.29) is 5.41 Å². The lowest BCUT2D eigenvalue weighted by Gasteiger charge is -2.28.